The van der Waals surface area contributed by atoms with Gasteiger partial charge in [0.25, 0.3) is 0 Å². The molecule has 6 heteroatoms. The molecule has 25 heavy (non-hydrogen) atoms. The van der Waals surface area contributed by atoms with Crippen LogP contribution in [0.4, 0.5) is 0 Å². The number of thioether (sulfide) groups is 1. The van der Waals surface area contributed by atoms with Crippen molar-refractivity contribution < 1.29 is 9.53 Å². The van der Waals surface area contributed by atoms with Crippen molar-refractivity contribution in [1.82, 2.24) is 14.8 Å². The molecule has 3 aromatic rings. The lowest BCUT2D eigenvalue weighted by molar-refractivity contribution is 0.0994. The Hall–Kier alpha value is -2.60. The Bertz CT molecular complexity index is 860. The molecule has 3 rings (SSSR count). The van der Waals surface area contributed by atoms with E-state index in [4.69, 9.17) is 4.74 Å². The zero-order valence-electron chi connectivity index (χ0n) is 14.3. The molecule has 1 heterocycles. The molecule has 0 saturated carbocycles. The molecule has 0 aliphatic heterocycles. The molecular formula is C19H19N3O2S. The molecule has 0 aliphatic rings. The van der Waals surface area contributed by atoms with E-state index in [0.717, 1.165) is 17.1 Å². The molecule has 0 saturated heterocycles. The van der Waals surface area contributed by atoms with Crippen LogP contribution in [0.3, 0.4) is 0 Å². The lowest BCUT2D eigenvalue weighted by Gasteiger charge is -2.10. The molecule has 128 valence electrons. The number of Topliss-reactive ketones (excluding diaryl/α,β-unsaturated/α-hetero) is 1. The van der Waals surface area contributed by atoms with Crippen molar-refractivity contribution in [2.45, 2.75) is 17.3 Å². The fourth-order valence-electron chi connectivity index (χ4n) is 2.46. The summed E-state index contributed by atoms with van der Waals surface area (Å²) in [4.78, 5) is 12.6. The number of hydrogen-bond acceptors (Lipinski definition) is 5. The van der Waals surface area contributed by atoms with E-state index in [0.29, 0.717) is 10.7 Å². The number of carbonyl (C=O) groups excluding carboxylic acids is 1. The number of aromatic nitrogens is 3. The molecule has 2 aromatic carbocycles. The van der Waals surface area contributed by atoms with E-state index < -0.39 is 0 Å². The predicted octanol–water partition coefficient (Wildman–Crippen LogP) is 3.85. The van der Waals surface area contributed by atoms with Gasteiger partial charge in [-0.3, -0.25) is 4.79 Å². The quantitative estimate of drug-likeness (QED) is 0.498. The van der Waals surface area contributed by atoms with Gasteiger partial charge in [0, 0.05) is 18.2 Å². The van der Waals surface area contributed by atoms with Crippen molar-refractivity contribution in [2.24, 2.45) is 7.05 Å². The minimum atomic E-state index is -0.264. The predicted molar refractivity (Wildman–Crippen MR) is 99.1 cm³/mol. The number of rotatable bonds is 6. The molecule has 0 spiro atoms. The highest BCUT2D eigenvalue weighted by molar-refractivity contribution is 8.00. The summed E-state index contributed by atoms with van der Waals surface area (Å²) in [6.45, 7) is 1.88. The van der Waals surface area contributed by atoms with Gasteiger partial charge in [0.05, 0.1) is 12.4 Å². The van der Waals surface area contributed by atoms with Gasteiger partial charge in [-0.15, -0.1) is 10.2 Å². The number of methoxy groups -OCH3 is 1. The highest BCUT2D eigenvalue weighted by Crippen LogP contribution is 2.27. The van der Waals surface area contributed by atoms with Gasteiger partial charge in [-0.1, -0.05) is 42.1 Å². The van der Waals surface area contributed by atoms with Crippen LogP contribution >= 0.6 is 11.8 Å². The van der Waals surface area contributed by atoms with E-state index in [1.54, 1.807) is 31.4 Å². The molecule has 1 unspecified atom stereocenters. The maximum absolute atomic E-state index is 12.6. The molecule has 1 atom stereocenters. The standard InChI is InChI=1S/C19H19N3O2S/c1-13(17(23)14-9-11-16(24-3)12-10-14)25-19-21-20-18(22(19)2)15-7-5-4-6-8-15/h4-13H,1-3H3. The monoisotopic (exact) mass is 353 g/mol. The fraction of sp³-hybridized carbons (Fsp3) is 0.211. The lowest BCUT2D eigenvalue weighted by Crippen LogP contribution is -2.14. The average Bonchev–Trinajstić information content (AvgIpc) is 3.02. The number of ketones is 1. The number of nitrogens with zero attached hydrogens (tertiary/aromatic N) is 3. The minimum absolute atomic E-state index is 0.0527. The summed E-state index contributed by atoms with van der Waals surface area (Å²) >= 11 is 1.41. The first kappa shape index (κ1) is 17.2. The first-order chi connectivity index (χ1) is 12.1. The van der Waals surface area contributed by atoms with Crippen molar-refractivity contribution in [3.05, 3.63) is 60.2 Å². The smallest absolute Gasteiger partial charge is 0.191 e. The third-order valence-electron chi connectivity index (χ3n) is 3.89. The van der Waals surface area contributed by atoms with Crippen LogP contribution in [-0.4, -0.2) is 32.9 Å². The summed E-state index contributed by atoms with van der Waals surface area (Å²) in [5, 5.41) is 8.95. The van der Waals surface area contributed by atoms with Crippen LogP contribution in [0.1, 0.15) is 17.3 Å². The Morgan fingerprint density at radius 1 is 1.08 bits per heavy atom. The largest absolute Gasteiger partial charge is 0.497 e. The first-order valence-corrected chi connectivity index (χ1v) is 8.78. The number of benzene rings is 2. The topological polar surface area (TPSA) is 57.0 Å². The fourth-order valence-corrected chi connectivity index (χ4v) is 3.35. The van der Waals surface area contributed by atoms with Crippen molar-refractivity contribution in [1.29, 1.82) is 0 Å². The van der Waals surface area contributed by atoms with Crippen molar-refractivity contribution >= 4 is 17.5 Å². The van der Waals surface area contributed by atoms with Gasteiger partial charge in [0.1, 0.15) is 5.75 Å². The second kappa shape index (κ2) is 7.53. The summed E-state index contributed by atoms with van der Waals surface area (Å²) in [6, 6.07) is 17.0. The second-order valence-electron chi connectivity index (χ2n) is 5.58. The molecule has 0 bridgehead atoms. The van der Waals surface area contributed by atoms with E-state index in [1.807, 2.05) is 48.9 Å². The molecule has 0 amide bonds. The van der Waals surface area contributed by atoms with E-state index in [1.165, 1.54) is 11.8 Å². The van der Waals surface area contributed by atoms with Gasteiger partial charge >= 0.3 is 0 Å². The highest BCUT2D eigenvalue weighted by atomic mass is 32.2. The Morgan fingerprint density at radius 3 is 2.40 bits per heavy atom. The van der Waals surface area contributed by atoms with Crippen LogP contribution in [0.5, 0.6) is 5.75 Å². The SMILES string of the molecule is COc1ccc(C(=O)C(C)Sc2nnc(-c3ccccc3)n2C)cc1. The summed E-state index contributed by atoms with van der Waals surface area (Å²) in [5.41, 5.74) is 1.66. The maximum Gasteiger partial charge on any atom is 0.191 e. The number of hydrogen-bond donors (Lipinski definition) is 0. The number of ether oxygens (including phenoxy) is 1. The molecule has 0 radical (unpaired) electrons. The summed E-state index contributed by atoms with van der Waals surface area (Å²) in [5.74, 6) is 1.57. The van der Waals surface area contributed by atoms with Crippen LogP contribution in [0, 0.1) is 0 Å². The zero-order chi connectivity index (χ0) is 17.8. The molecule has 5 nitrogen and oxygen atoms in total. The second-order valence-corrected chi connectivity index (χ2v) is 6.89. The lowest BCUT2D eigenvalue weighted by atomic mass is 10.1. The van der Waals surface area contributed by atoms with Crippen LogP contribution in [0.15, 0.2) is 59.8 Å². The Balaban J connectivity index is 1.75. The van der Waals surface area contributed by atoms with Crippen molar-refractivity contribution in [2.75, 3.05) is 7.11 Å². The average molecular weight is 353 g/mol. The Morgan fingerprint density at radius 2 is 1.76 bits per heavy atom. The van der Waals surface area contributed by atoms with E-state index in [-0.39, 0.29) is 11.0 Å². The third kappa shape index (κ3) is 3.74. The van der Waals surface area contributed by atoms with E-state index in [2.05, 4.69) is 10.2 Å². The zero-order valence-corrected chi connectivity index (χ0v) is 15.2. The van der Waals surface area contributed by atoms with Gasteiger partial charge in [-0.2, -0.15) is 0 Å². The first-order valence-electron chi connectivity index (χ1n) is 7.90. The summed E-state index contributed by atoms with van der Waals surface area (Å²) in [7, 11) is 3.52. The van der Waals surface area contributed by atoms with Gasteiger partial charge in [0.2, 0.25) is 0 Å². The van der Waals surface area contributed by atoms with Crippen LogP contribution < -0.4 is 4.74 Å². The summed E-state index contributed by atoms with van der Waals surface area (Å²) in [6.07, 6.45) is 0. The van der Waals surface area contributed by atoms with Crippen molar-refractivity contribution in [3.8, 4) is 17.1 Å². The van der Waals surface area contributed by atoms with E-state index in [9.17, 15) is 4.79 Å². The highest BCUT2D eigenvalue weighted by Gasteiger charge is 2.20. The molecule has 0 N–H and O–H groups in total. The molecule has 0 fully saturated rings. The third-order valence-corrected chi connectivity index (χ3v) is 5.03. The molecule has 1 aromatic heterocycles. The van der Waals surface area contributed by atoms with Crippen LogP contribution in [0.2, 0.25) is 0 Å². The minimum Gasteiger partial charge on any atom is -0.497 e. The Labute approximate surface area is 151 Å². The molecular weight excluding hydrogens is 334 g/mol. The summed E-state index contributed by atoms with van der Waals surface area (Å²) < 4.78 is 7.04. The van der Waals surface area contributed by atoms with Crippen LogP contribution in [0.25, 0.3) is 11.4 Å². The van der Waals surface area contributed by atoms with Crippen molar-refractivity contribution in [3.63, 3.8) is 0 Å². The van der Waals surface area contributed by atoms with Gasteiger partial charge < -0.3 is 9.30 Å². The van der Waals surface area contributed by atoms with Gasteiger partial charge in [0.15, 0.2) is 16.8 Å². The molecule has 0 aliphatic carbocycles. The van der Waals surface area contributed by atoms with Crippen LogP contribution in [-0.2, 0) is 7.05 Å². The van der Waals surface area contributed by atoms with Gasteiger partial charge in [-0.25, -0.2) is 0 Å². The normalized spacial score (nSPS) is 12.0. The maximum atomic E-state index is 12.6. The Kier molecular flexibility index (Phi) is 5.19. The van der Waals surface area contributed by atoms with Gasteiger partial charge in [-0.05, 0) is 31.2 Å². The van der Waals surface area contributed by atoms with E-state index >= 15 is 0 Å². The number of carbonyl (C=O) groups is 1.